The lowest BCUT2D eigenvalue weighted by molar-refractivity contribution is -0.139. The van der Waals surface area contributed by atoms with Crippen molar-refractivity contribution in [3.8, 4) is 0 Å². The van der Waals surface area contributed by atoms with Crippen LogP contribution in [0.2, 0.25) is 0 Å². The number of aliphatic carboxylic acids is 1. The summed E-state index contributed by atoms with van der Waals surface area (Å²) in [5.41, 5.74) is 0. The molecule has 5 unspecified atom stereocenters. The Bertz CT molecular complexity index is 386. The van der Waals surface area contributed by atoms with Gasteiger partial charge in [0.1, 0.15) is 6.04 Å². The minimum Gasteiger partial charge on any atom is -0.480 e. The van der Waals surface area contributed by atoms with Crippen molar-refractivity contribution < 1.29 is 9.90 Å². The van der Waals surface area contributed by atoms with E-state index in [0.717, 1.165) is 38.0 Å². The summed E-state index contributed by atoms with van der Waals surface area (Å²) in [5, 5.41) is 14.2. The van der Waals surface area contributed by atoms with Crippen LogP contribution in [-0.2, 0) is 4.79 Å². The maximum absolute atomic E-state index is 11.6. The zero-order valence-corrected chi connectivity index (χ0v) is 14.2. The molecule has 0 amide bonds. The lowest BCUT2D eigenvalue weighted by atomic mass is 9.79. The van der Waals surface area contributed by atoms with Crippen LogP contribution in [0.3, 0.4) is 0 Å². The molecule has 0 aromatic carbocycles. The number of carboxylic acid groups (broad SMARTS) is 1. The fourth-order valence-corrected chi connectivity index (χ4v) is 6.45. The lowest BCUT2D eigenvalue weighted by Gasteiger charge is -2.34. The number of rotatable bonds is 3. The van der Waals surface area contributed by atoms with Gasteiger partial charge in [0, 0.05) is 21.9 Å². The van der Waals surface area contributed by atoms with Crippen molar-refractivity contribution in [3.63, 3.8) is 0 Å². The van der Waals surface area contributed by atoms with Crippen molar-refractivity contribution in [2.75, 3.05) is 0 Å². The Morgan fingerprint density at radius 2 is 1.90 bits per heavy atom. The first-order valence-corrected chi connectivity index (χ1v) is 9.71. The third kappa shape index (κ3) is 3.53. The van der Waals surface area contributed by atoms with Gasteiger partial charge in [-0.25, -0.2) is 0 Å². The normalized spacial score (nSPS) is 47.0. The van der Waals surface area contributed by atoms with Gasteiger partial charge in [-0.2, -0.15) is 11.8 Å². The van der Waals surface area contributed by atoms with E-state index in [1.54, 1.807) is 0 Å². The number of nitrogens with one attached hydrogen (secondary N) is 1. The molecule has 1 heterocycles. The summed E-state index contributed by atoms with van der Waals surface area (Å²) in [7, 11) is 0. The third-order valence-electron chi connectivity index (χ3n) is 5.53. The lowest BCUT2D eigenvalue weighted by Crippen LogP contribution is -2.40. The average Bonchev–Trinajstić information content (AvgIpc) is 2.79. The first kappa shape index (κ1) is 15.9. The summed E-state index contributed by atoms with van der Waals surface area (Å²) >= 11 is 8.14. The topological polar surface area (TPSA) is 49.3 Å². The second-order valence-electron chi connectivity index (χ2n) is 7.15. The smallest absolute Gasteiger partial charge is 0.321 e. The molecule has 0 spiro atoms. The van der Waals surface area contributed by atoms with Crippen LogP contribution in [0.1, 0.15) is 51.9 Å². The quantitative estimate of drug-likeness (QED) is 0.777. The van der Waals surface area contributed by atoms with E-state index < -0.39 is 5.97 Å². The van der Waals surface area contributed by atoms with E-state index in [1.165, 1.54) is 12.8 Å². The van der Waals surface area contributed by atoms with Gasteiger partial charge in [0.05, 0.1) is 0 Å². The van der Waals surface area contributed by atoms with E-state index in [2.05, 4.69) is 12.2 Å². The molecule has 3 fully saturated rings. The molecule has 1 aliphatic heterocycles. The predicted octanol–water partition coefficient (Wildman–Crippen LogP) is 3.50. The average molecular weight is 332 g/mol. The molecule has 120 valence electrons. The van der Waals surface area contributed by atoms with Gasteiger partial charge in [0.25, 0.3) is 0 Å². The molecular formula is C16H26ClNO2S. The van der Waals surface area contributed by atoms with Gasteiger partial charge < -0.3 is 10.4 Å². The Balaban J connectivity index is 1.67. The SMILES string of the molecule is CC1CCC2C(C1)NC(C(=O)O)C2SC1CCC(Cl)CC1. The summed E-state index contributed by atoms with van der Waals surface area (Å²) in [5.74, 6) is 0.602. The fourth-order valence-electron chi connectivity index (χ4n) is 4.33. The van der Waals surface area contributed by atoms with E-state index in [9.17, 15) is 9.90 Å². The van der Waals surface area contributed by atoms with Crippen molar-refractivity contribution in [1.82, 2.24) is 5.32 Å². The van der Waals surface area contributed by atoms with E-state index in [-0.39, 0.29) is 11.3 Å². The highest BCUT2D eigenvalue weighted by Crippen LogP contribution is 2.45. The van der Waals surface area contributed by atoms with Crippen LogP contribution in [0, 0.1) is 11.8 Å². The van der Waals surface area contributed by atoms with E-state index >= 15 is 0 Å². The van der Waals surface area contributed by atoms with E-state index in [1.807, 2.05) is 11.8 Å². The molecular weight excluding hydrogens is 306 g/mol. The minimum atomic E-state index is -0.666. The molecule has 0 radical (unpaired) electrons. The van der Waals surface area contributed by atoms with Gasteiger partial charge in [-0.15, -0.1) is 11.6 Å². The number of hydrogen-bond donors (Lipinski definition) is 2. The van der Waals surface area contributed by atoms with Crippen LogP contribution in [0.25, 0.3) is 0 Å². The molecule has 3 nitrogen and oxygen atoms in total. The summed E-state index contributed by atoms with van der Waals surface area (Å²) in [6.45, 7) is 2.29. The molecule has 2 saturated carbocycles. The number of fused-ring (bicyclic) bond motifs is 1. The summed E-state index contributed by atoms with van der Waals surface area (Å²) in [4.78, 5) is 11.6. The minimum absolute atomic E-state index is 0.247. The van der Waals surface area contributed by atoms with Gasteiger partial charge in [0.15, 0.2) is 0 Å². The van der Waals surface area contributed by atoms with Crippen LogP contribution in [0.5, 0.6) is 0 Å². The van der Waals surface area contributed by atoms with Crippen molar-refractivity contribution in [1.29, 1.82) is 0 Å². The molecule has 0 bridgehead atoms. The molecule has 5 atom stereocenters. The Labute approximate surface area is 136 Å². The first-order valence-electron chi connectivity index (χ1n) is 8.33. The molecule has 0 aromatic rings. The highest BCUT2D eigenvalue weighted by Gasteiger charge is 2.48. The van der Waals surface area contributed by atoms with Crippen molar-refractivity contribution in [2.24, 2.45) is 11.8 Å². The van der Waals surface area contributed by atoms with Gasteiger partial charge >= 0.3 is 5.97 Å². The standard InChI is InChI=1S/C16H26ClNO2S/c1-9-2-7-12-13(8-9)18-14(16(19)20)15(12)21-11-5-3-10(17)4-6-11/h9-15,18H,2-8H2,1H3,(H,19,20). The Morgan fingerprint density at radius 3 is 2.57 bits per heavy atom. The Morgan fingerprint density at radius 1 is 1.19 bits per heavy atom. The van der Waals surface area contributed by atoms with Crippen molar-refractivity contribution in [2.45, 2.75) is 79.8 Å². The molecule has 5 heteroatoms. The maximum Gasteiger partial charge on any atom is 0.321 e. The van der Waals surface area contributed by atoms with Crippen LogP contribution in [-0.4, -0.2) is 39.0 Å². The van der Waals surface area contributed by atoms with Gasteiger partial charge in [-0.3, -0.25) is 4.79 Å². The Kier molecular flexibility index (Phi) is 5.07. The molecule has 1 saturated heterocycles. The number of carboxylic acids is 1. The molecule has 0 aromatic heterocycles. The largest absolute Gasteiger partial charge is 0.480 e. The number of carbonyl (C=O) groups is 1. The summed E-state index contributed by atoms with van der Waals surface area (Å²) in [6, 6.07) is 0.0562. The predicted molar refractivity (Wildman–Crippen MR) is 88.1 cm³/mol. The number of alkyl halides is 1. The fraction of sp³-hybridized carbons (Fsp3) is 0.938. The van der Waals surface area contributed by atoms with E-state index in [0.29, 0.717) is 22.6 Å². The number of halogens is 1. The van der Waals surface area contributed by atoms with Gasteiger partial charge in [-0.05, 0) is 50.4 Å². The highest BCUT2D eigenvalue weighted by atomic mass is 35.5. The van der Waals surface area contributed by atoms with Crippen LogP contribution in [0.15, 0.2) is 0 Å². The first-order chi connectivity index (χ1) is 10.0. The van der Waals surface area contributed by atoms with Crippen LogP contribution < -0.4 is 5.32 Å². The zero-order chi connectivity index (χ0) is 15.0. The zero-order valence-electron chi connectivity index (χ0n) is 12.6. The summed E-state index contributed by atoms with van der Waals surface area (Å²) < 4.78 is 0. The second-order valence-corrected chi connectivity index (χ2v) is 9.25. The maximum atomic E-state index is 11.6. The molecule has 3 aliphatic rings. The molecule has 3 rings (SSSR count). The Hall–Kier alpha value is 0.0700. The molecule has 2 N–H and O–H groups in total. The van der Waals surface area contributed by atoms with Crippen molar-refractivity contribution in [3.05, 3.63) is 0 Å². The number of thioether (sulfide) groups is 1. The number of hydrogen-bond acceptors (Lipinski definition) is 3. The van der Waals surface area contributed by atoms with Gasteiger partial charge in [0.2, 0.25) is 0 Å². The van der Waals surface area contributed by atoms with Gasteiger partial charge in [-0.1, -0.05) is 13.3 Å². The van der Waals surface area contributed by atoms with E-state index in [4.69, 9.17) is 11.6 Å². The van der Waals surface area contributed by atoms with Crippen molar-refractivity contribution >= 4 is 29.3 Å². The van der Waals surface area contributed by atoms with Crippen LogP contribution in [0.4, 0.5) is 0 Å². The monoisotopic (exact) mass is 331 g/mol. The van der Waals surface area contributed by atoms with Crippen LogP contribution >= 0.6 is 23.4 Å². The molecule has 21 heavy (non-hydrogen) atoms. The summed E-state index contributed by atoms with van der Waals surface area (Å²) in [6.07, 6.45) is 8.04. The second kappa shape index (κ2) is 6.67. The highest BCUT2D eigenvalue weighted by molar-refractivity contribution is 8.00. The third-order valence-corrected chi connectivity index (χ3v) is 7.76. The molecule has 2 aliphatic carbocycles.